The fraction of sp³-hybridized carbons (Fsp3) is 0.750. The van der Waals surface area contributed by atoms with E-state index >= 15 is 0 Å². The summed E-state index contributed by atoms with van der Waals surface area (Å²) in [5, 5.41) is 0. The van der Waals surface area contributed by atoms with Crippen LogP contribution in [0.5, 0.6) is 0 Å². The number of esters is 1. The van der Waals surface area contributed by atoms with Crippen molar-refractivity contribution in [2.75, 3.05) is 6.61 Å². The van der Waals surface area contributed by atoms with Crippen molar-refractivity contribution >= 4 is 5.97 Å². The number of ether oxygens (including phenoxy) is 1. The van der Waals surface area contributed by atoms with Gasteiger partial charge in [0.05, 0.1) is 18.1 Å². The van der Waals surface area contributed by atoms with E-state index in [4.69, 9.17) is 4.74 Å². The van der Waals surface area contributed by atoms with E-state index in [-0.39, 0.29) is 6.61 Å². The first-order chi connectivity index (χ1) is 8.23. The summed E-state index contributed by atoms with van der Waals surface area (Å²) < 4.78 is 54.4. The van der Waals surface area contributed by atoms with Crippen molar-refractivity contribution in [3.8, 4) is 0 Å². The molecule has 6 heteroatoms. The van der Waals surface area contributed by atoms with E-state index in [1.54, 1.807) is 20.8 Å². The minimum absolute atomic E-state index is 0.179. The highest BCUT2D eigenvalue weighted by Crippen LogP contribution is 2.60. The summed E-state index contributed by atoms with van der Waals surface area (Å²) in [5.74, 6) is -1.76. The second-order valence-corrected chi connectivity index (χ2v) is 4.84. The third kappa shape index (κ3) is 2.84. The second kappa shape index (κ2) is 5.28. The van der Waals surface area contributed by atoms with Crippen LogP contribution in [-0.2, 0) is 9.53 Å². The summed E-state index contributed by atoms with van der Waals surface area (Å²) in [6, 6.07) is 0. The Morgan fingerprint density at radius 1 is 1.28 bits per heavy atom. The van der Waals surface area contributed by atoms with Gasteiger partial charge < -0.3 is 4.74 Å². The third-order valence-electron chi connectivity index (χ3n) is 3.33. The van der Waals surface area contributed by atoms with E-state index in [0.717, 1.165) is 6.08 Å². The topological polar surface area (TPSA) is 26.3 Å². The van der Waals surface area contributed by atoms with Gasteiger partial charge in [-0.2, -0.15) is 0 Å². The van der Waals surface area contributed by atoms with Crippen molar-refractivity contribution in [1.29, 1.82) is 0 Å². The average molecular weight is 268 g/mol. The standard InChI is InChI=1S/C12H16F4O2/c1-4-18-11(17)8-7(12(8,2)3)5-6(9(13)14)10(15)16/h5,7-10H,4H2,1-3H3/t7-,8+/m0/s1. The van der Waals surface area contributed by atoms with Crippen LogP contribution in [0.25, 0.3) is 0 Å². The molecule has 2 atom stereocenters. The number of hydrogen-bond donors (Lipinski definition) is 0. The molecule has 18 heavy (non-hydrogen) atoms. The summed E-state index contributed by atoms with van der Waals surface area (Å²) >= 11 is 0. The van der Waals surface area contributed by atoms with E-state index in [1.807, 2.05) is 0 Å². The number of carbonyl (C=O) groups is 1. The van der Waals surface area contributed by atoms with E-state index in [1.165, 1.54) is 0 Å². The van der Waals surface area contributed by atoms with Crippen molar-refractivity contribution < 1.29 is 27.1 Å². The molecule has 0 amide bonds. The Morgan fingerprint density at radius 3 is 2.17 bits per heavy atom. The lowest BCUT2D eigenvalue weighted by atomic mass is 10.1. The van der Waals surface area contributed by atoms with Gasteiger partial charge in [-0.05, 0) is 18.3 Å². The molecular weight excluding hydrogens is 252 g/mol. The third-order valence-corrected chi connectivity index (χ3v) is 3.33. The first-order valence-corrected chi connectivity index (χ1v) is 5.68. The highest BCUT2D eigenvalue weighted by atomic mass is 19.3. The zero-order chi connectivity index (χ0) is 14.1. The predicted octanol–water partition coefficient (Wildman–Crippen LogP) is 3.28. The van der Waals surface area contributed by atoms with Crippen LogP contribution in [-0.4, -0.2) is 25.4 Å². The maximum atomic E-state index is 12.4. The molecule has 0 N–H and O–H groups in total. The predicted molar refractivity (Wildman–Crippen MR) is 57.5 cm³/mol. The Bertz CT molecular complexity index is 340. The van der Waals surface area contributed by atoms with Gasteiger partial charge in [-0.3, -0.25) is 4.79 Å². The molecule has 104 valence electrons. The Hall–Kier alpha value is -1.07. The molecule has 0 aromatic rings. The van der Waals surface area contributed by atoms with Crippen LogP contribution < -0.4 is 0 Å². The first kappa shape index (κ1) is 15.0. The van der Waals surface area contributed by atoms with Gasteiger partial charge in [-0.1, -0.05) is 19.9 Å². The van der Waals surface area contributed by atoms with Crippen molar-refractivity contribution in [3.05, 3.63) is 11.6 Å². The monoisotopic (exact) mass is 268 g/mol. The van der Waals surface area contributed by atoms with Crippen LogP contribution in [0.2, 0.25) is 0 Å². The number of hydrogen-bond acceptors (Lipinski definition) is 2. The highest BCUT2D eigenvalue weighted by Gasteiger charge is 2.61. The maximum absolute atomic E-state index is 12.4. The SMILES string of the molecule is CCOC(=O)[C@H]1[C@H](C=C(C(F)F)C(F)F)C1(C)C. The van der Waals surface area contributed by atoms with Crippen LogP contribution in [0.4, 0.5) is 17.6 Å². The Morgan fingerprint density at radius 2 is 1.78 bits per heavy atom. The maximum Gasteiger partial charge on any atom is 0.310 e. The summed E-state index contributed by atoms with van der Waals surface area (Å²) in [7, 11) is 0. The molecule has 0 unspecified atom stereocenters. The molecule has 1 rings (SSSR count). The summed E-state index contributed by atoms with van der Waals surface area (Å²) in [5.41, 5.74) is -1.82. The molecular formula is C12H16F4O2. The van der Waals surface area contributed by atoms with Crippen LogP contribution in [0.1, 0.15) is 20.8 Å². The van der Waals surface area contributed by atoms with Crippen molar-refractivity contribution in [1.82, 2.24) is 0 Å². The molecule has 0 spiro atoms. The van der Waals surface area contributed by atoms with Crippen LogP contribution in [0.15, 0.2) is 11.6 Å². The van der Waals surface area contributed by atoms with Gasteiger partial charge in [0, 0.05) is 0 Å². The Labute approximate surface area is 103 Å². The largest absolute Gasteiger partial charge is 0.466 e. The molecule has 0 aliphatic heterocycles. The molecule has 0 heterocycles. The van der Waals surface area contributed by atoms with E-state index in [9.17, 15) is 22.4 Å². The Kier molecular flexibility index (Phi) is 4.40. The quantitative estimate of drug-likeness (QED) is 0.434. The minimum atomic E-state index is -3.20. The molecule has 1 fully saturated rings. The normalized spacial score (nSPS) is 25.2. The molecule has 2 nitrogen and oxygen atoms in total. The molecule has 1 aliphatic rings. The van der Waals surface area contributed by atoms with Gasteiger partial charge in [0.1, 0.15) is 0 Å². The van der Waals surface area contributed by atoms with Gasteiger partial charge in [-0.25, -0.2) is 17.6 Å². The molecule has 1 saturated carbocycles. The molecule has 0 aromatic carbocycles. The smallest absolute Gasteiger partial charge is 0.310 e. The minimum Gasteiger partial charge on any atom is -0.466 e. The zero-order valence-electron chi connectivity index (χ0n) is 10.4. The molecule has 0 radical (unpaired) electrons. The highest BCUT2D eigenvalue weighted by molar-refractivity contribution is 5.78. The van der Waals surface area contributed by atoms with Crippen LogP contribution in [0, 0.1) is 17.3 Å². The number of halogens is 4. The van der Waals surface area contributed by atoms with Gasteiger partial charge in [0.25, 0.3) is 12.9 Å². The summed E-state index contributed by atoms with van der Waals surface area (Å²) in [4.78, 5) is 11.5. The summed E-state index contributed by atoms with van der Waals surface area (Å²) in [6.07, 6.45) is -5.58. The molecule has 0 bridgehead atoms. The summed E-state index contributed by atoms with van der Waals surface area (Å²) in [6.45, 7) is 5.15. The molecule has 0 saturated heterocycles. The van der Waals surface area contributed by atoms with Gasteiger partial charge in [-0.15, -0.1) is 0 Å². The first-order valence-electron chi connectivity index (χ1n) is 5.68. The van der Waals surface area contributed by atoms with Crippen LogP contribution >= 0.6 is 0 Å². The Balaban J connectivity index is 2.85. The van der Waals surface area contributed by atoms with E-state index in [2.05, 4.69) is 0 Å². The van der Waals surface area contributed by atoms with Crippen molar-refractivity contribution in [3.63, 3.8) is 0 Å². The lowest BCUT2D eigenvalue weighted by molar-refractivity contribution is -0.145. The van der Waals surface area contributed by atoms with Crippen molar-refractivity contribution in [2.45, 2.75) is 33.6 Å². The van der Waals surface area contributed by atoms with E-state index in [0.29, 0.717) is 0 Å². The molecule has 1 aliphatic carbocycles. The molecule has 0 aromatic heterocycles. The van der Waals surface area contributed by atoms with Gasteiger partial charge in [0.15, 0.2) is 0 Å². The lowest BCUT2D eigenvalue weighted by Crippen LogP contribution is -2.10. The fourth-order valence-electron chi connectivity index (χ4n) is 2.12. The zero-order valence-corrected chi connectivity index (χ0v) is 10.4. The van der Waals surface area contributed by atoms with E-state index < -0.39 is 41.6 Å². The average Bonchev–Trinajstić information content (AvgIpc) is 2.76. The fourth-order valence-corrected chi connectivity index (χ4v) is 2.12. The number of allylic oxidation sites excluding steroid dienone is 2. The number of rotatable bonds is 5. The second-order valence-electron chi connectivity index (χ2n) is 4.84. The van der Waals surface area contributed by atoms with Crippen LogP contribution in [0.3, 0.4) is 0 Å². The van der Waals surface area contributed by atoms with Gasteiger partial charge in [0.2, 0.25) is 0 Å². The lowest BCUT2D eigenvalue weighted by Gasteiger charge is -2.05. The van der Waals surface area contributed by atoms with Crippen molar-refractivity contribution in [2.24, 2.45) is 17.3 Å². The van der Waals surface area contributed by atoms with Gasteiger partial charge >= 0.3 is 5.97 Å². The number of alkyl halides is 4. The number of carbonyl (C=O) groups excluding carboxylic acids is 1.